The molecule has 2 bridgehead atoms. The first-order valence-corrected chi connectivity index (χ1v) is 12.4. The molecule has 1 aromatic heterocycles. The van der Waals surface area contributed by atoms with Gasteiger partial charge in [-0.3, -0.25) is 14.6 Å². The van der Waals surface area contributed by atoms with E-state index in [-0.39, 0.29) is 23.9 Å². The Hall–Kier alpha value is -3.23. The lowest BCUT2D eigenvalue weighted by atomic mass is 10.0. The first-order chi connectivity index (χ1) is 17.0. The first-order valence-electron chi connectivity index (χ1n) is 12.4. The van der Waals surface area contributed by atoms with Crippen molar-refractivity contribution in [1.82, 2.24) is 25.1 Å². The molecule has 5 rings (SSSR count). The van der Waals surface area contributed by atoms with E-state index >= 15 is 0 Å². The fourth-order valence-electron chi connectivity index (χ4n) is 4.99. The highest BCUT2D eigenvalue weighted by Gasteiger charge is 2.31. The second-order valence-electron chi connectivity index (χ2n) is 9.82. The number of para-hydroxylation sites is 1. The Morgan fingerprint density at radius 1 is 1.09 bits per heavy atom. The van der Waals surface area contributed by atoms with Crippen molar-refractivity contribution in [2.75, 3.05) is 38.6 Å². The monoisotopic (exact) mass is 474 g/mol. The van der Waals surface area contributed by atoms with Gasteiger partial charge >= 0.3 is 0 Å². The van der Waals surface area contributed by atoms with Crippen molar-refractivity contribution < 1.29 is 9.53 Å². The van der Waals surface area contributed by atoms with E-state index in [1.807, 2.05) is 36.4 Å². The largest absolute Gasteiger partial charge is 0.497 e. The number of hydrogen-bond donors (Lipinski definition) is 2. The fourth-order valence-corrected chi connectivity index (χ4v) is 4.99. The number of ether oxygens (including phenoxy) is 1. The maximum Gasteiger partial charge on any atom is 0.242 e. The van der Waals surface area contributed by atoms with Gasteiger partial charge < -0.3 is 15.4 Å². The number of anilines is 1. The molecule has 1 unspecified atom stereocenters. The van der Waals surface area contributed by atoms with Crippen molar-refractivity contribution in [3.05, 3.63) is 59.9 Å². The molecule has 1 fully saturated rings. The molecule has 2 aliphatic heterocycles. The van der Waals surface area contributed by atoms with Gasteiger partial charge in [0.25, 0.3) is 0 Å². The molecular formula is C27H34N6O2. The number of nitrogens with one attached hydrogen (secondary N) is 2. The Morgan fingerprint density at radius 2 is 1.89 bits per heavy atom. The summed E-state index contributed by atoms with van der Waals surface area (Å²) in [4.78, 5) is 27.9. The van der Waals surface area contributed by atoms with Gasteiger partial charge in [-0.25, -0.2) is 9.97 Å². The normalized spacial score (nSPS) is 21.7. The van der Waals surface area contributed by atoms with E-state index in [1.54, 1.807) is 7.11 Å². The average molecular weight is 475 g/mol. The summed E-state index contributed by atoms with van der Waals surface area (Å²) in [5.74, 6) is 2.51. The topological polar surface area (TPSA) is 82.6 Å². The van der Waals surface area contributed by atoms with Crippen LogP contribution < -0.4 is 15.4 Å². The summed E-state index contributed by atoms with van der Waals surface area (Å²) in [5.41, 5.74) is 2.16. The van der Waals surface area contributed by atoms with Crippen LogP contribution in [0.25, 0.3) is 10.9 Å². The van der Waals surface area contributed by atoms with Crippen LogP contribution in [0.3, 0.4) is 0 Å². The zero-order valence-electron chi connectivity index (χ0n) is 20.7. The van der Waals surface area contributed by atoms with Crippen LogP contribution in [0.15, 0.2) is 48.5 Å². The highest BCUT2D eigenvalue weighted by Crippen LogP contribution is 2.25. The molecule has 0 saturated carbocycles. The highest BCUT2D eigenvalue weighted by atomic mass is 16.5. The maximum atomic E-state index is 13.3. The van der Waals surface area contributed by atoms with Gasteiger partial charge in [0, 0.05) is 44.2 Å². The molecule has 2 aromatic carbocycles. The number of carbonyl (C=O) groups is 1. The van der Waals surface area contributed by atoms with Crippen molar-refractivity contribution in [2.45, 2.75) is 39.0 Å². The van der Waals surface area contributed by atoms with Gasteiger partial charge in [0.1, 0.15) is 23.4 Å². The molecule has 3 heterocycles. The molecule has 35 heavy (non-hydrogen) atoms. The molecule has 8 heteroatoms. The molecule has 0 aliphatic carbocycles. The smallest absolute Gasteiger partial charge is 0.242 e. The number of aromatic nitrogens is 2. The van der Waals surface area contributed by atoms with Crippen LogP contribution >= 0.6 is 0 Å². The highest BCUT2D eigenvalue weighted by molar-refractivity contribution is 5.92. The summed E-state index contributed by atoms with van der Waals surface area (Å²) in [7, 11) is 1.69. The third-order valence-corrected chi connectivity index (χ3v) is 7.00. The standard InChI is InChI=1S/C27H34N6O2/c1-18(2)25-27(34)28-14-20-16-32(15-19-8-10-21(35-3)11-9-19)12-13-33(20)17-24-29-23-7-5-4-6-22(23)26(30-24)31-25/h4-11,18,20,25H,12-17H2,1-3H3,(H,28,34)(H,29,30,31)/t20?,25-/m0/s1. The van der Waals surface area contributed by atoms with Gasteiger partial charge in [-0.2, -0.15) is 0 Å². The number of methoxy groups -OCH3 is 1. The minimum atomic E-state index is -0.369. The van der Waals surface area contributed by atoms with Crippen LogP contribution in [-0.4, -0.2) is 71.0 Å². The molecule has 184 valence electrons. The molecule has 0 spiro atoms. The molecule has 1 saturated heterocycles. The van der Waals surface area contributed by atoms with Crippen molar-refractivity contribution in [1.29, 1.82) is 0 Å². The molecule has 2 atom stereocenters. The summed E-state index contributed by atoms with van der Waals surface area (Å²) in [6.45, 7) is 8.95. The van der Waals surface area contributed by atoms with E-state index in [0.717, 1.165) is 54.5 Å². The molecule has 2 aliphatic rings. The Morgan fingerprint density at radius 3 is 2.66 bits per heavy atom. The van der Waals surface area contributed by atoms with Gasteiger partial charge in [-0.1, -0.05) is 38.1 Å². The quantitative estimate of drug-likeness (QED) is 0.602. The number of piperazine rings is 1. The van der Waals surface area contributed by atoms with Gasteiger partial charge in [0.15, 0.2) is 0 Å². The minimum Gasteiger partial charge on any atom is -0.497 e. The predicted octanol–water partition coefficient (Wildman–Crippen LogP) is 2.89. The van der Waals surface area contributed by atoms with E-state index < -0.39 is 0 Å². The second kappa shape index (κ2) is 10.2. The third kappa shape index (κ3) is 5.23. The lowest BCUT2D eigenvalue weighted by Crippen LogP contribution is -2.57. The van der Waals surface area contributed by atoms with E-state index in [1.165, 1.54) is 5.56 Å². The number of benzene rings is 2. The Balaban J connectivity index is 1.41. The third-order valence-electron chi connectivity index (χ3n) is 7.00. The molecule has 1 amide bonds. The molecule has 0 radical (unpaired) electrons. The second-order valence-corrected chi connectivity index (χ2v) is 9.82. The van der Waals surface area contributed by atoms with Gasteiger partial charge in [0.05, 0.1) is 19.2 Å². The van der Waals surface area contributed by atoms with Crippen LogP contribution in [0.2, 0.25) is 0 Å². The van der Waals surface area contributed by atoms with Crippen LogP contribution in [0.4, 0.5) is 5.82 Å². The van der Waals surface area contributed by atoms with E-state index in [2.05, 4.69) is 46.4 Å². The maximum absolute atomic E-state index is 13.3. The fraction of sp³-hybridized carbons (Fsp3) is 0.444. The average Bonchev–Trinajstić information content (AvgIpc) is 2.88. The number of amides is 1. The summed E-state index contributed by atoms with van der Waals surface area (Å²) in [5, 5.41) is 7.61. The van der Waals surface area contributed by atoms with Crippen LogP contribution in [0.5, 0.6) is 5.75 Å². The lowest BCUT2D eigenvalue weighted by Gasteiger charge is -2.41. The lowest BCUT2D eigenvalue weighted by molar-refractivity contribution is -0.123. The number of nitrogens with zero attached hydrogens (tertiary/aromatic N) is 4. The van der Waals surface area contributed by atoms with Gasteiger partial charge in [0.2, 0.25) is 5.91 Å². The Labute approximate surface area is 206 Å². The van der Waals surface area contributed by atoms with Gasteiger partial charge in [-0.05, 0) is 35.7 Å². The van der Waals surface area contributed by atoms with E-state index in [9.17, 15) is 4.79 Å². The minimum absolute atomic E-state index is 0.0124. The summed E-state index contributed by atoms with van der Waals surface area (Å²) >= 11 is 0. The Kier molecular flexibility index (Phi) is 6.83. The zero-order chi connectivity index (χ0) is 24.4. The molecule has 3 aromatic rings. The van der Waals surface area contributed by atoms with Crippen molar-refractivity contribution in [3.63, 3.8) is 0 Å². The van der Waals surface area contributed by atoms with E-state index in [4.69, 9.17) is 14.7 Å². The first kappa shape index (κ1) is 23.5. The molecule has 2 N–H and O–H groups in total. The van der Waals surface area contributed by atoms with Crippen molar-refractivity contribution >= 4 is 22.6 Å². The molecule has 8 nitrogen and oxygen atoms in total. The Bertz CT molecular complexity index is 1180. The zero-order valence-corrected chi connectivity index (χ0v) is 20.7. The summed E-state index contributed by atoms with van der Waals surface area (Å²) in [6.07, 6.45) is 0. The SMILES string of the molecule is COc1ccc(CN2CCN3Cc4nc(c5ccccc5n4)N[C@@H](C(C)C)C(=O)NCC3C2)cc1. The van der Waals surface area contributed by atoms with Crippen LogP contribution in [0.1, 0.15) is 25.2 Å². The molecular weight excluding hydrogens is 440 g/mol. The predicted molar refractivity (Wildman–Crippen MR) is 137 cm³/mol. The van der Waals surface area contributed by atoms with E-state index in [0.29, 0.717) is 13.1 Å². The summed E-state index contributed by atoms with van der Waals surface area (Å²) in [6, 6.07) is 16.1. The number of carbonyl (C=O) groups excluding carboxylic acids is 1. The number of fused-ring (bicyclic) bond motifs is 5. The van der Waals surface area contributed by atoms with Gasteiger partial charge in [-0.15, -0.1) is 0 Å². The van der Waals surface area contributed by atoms with Crippen LogP contribution in [0, 0.1) is 5.92 Å². The van der Waals surface area contributed by atoms with Crippen LogP contribution in [-0.2, 0) is 17.9 Å². The summed E-state index contributed by atoms with van der Waals surface area (Å²) < 4.78 is 5.29. The van der Waals surface area contributed by atoms with Crippen molar-refractivity contribution in [2.24, 2.45) is 5.92 Å². The number of rotatable bonds is 4. The van der Waals surface area contributed by atoms with Crippen molar-refractivity contribution in [3.8, 4) is 5.75 Å². The number of hydrogen-bond acceptors (Lipinski definition) is 7.